The fraction of sp³-hybridized carbons (Fsp3) is 0.250. The number of hydrogen-bond donors (Lipinski definition) is 1. The molecule has 0 saturated carbocycles. The molecule has 0 amide bonds. The number of rotatable bonds is 5. The van der Waals surface area contributed by atoms with Crippen LogP contribution in [0.15, 0.2) is 36.4 Å². The van der Waals surface area contributed by atoms with E-state index in [1.165, 1.54) is 0 Å². The van der Waals surface area contributed by atoms with Gasteiger partial charge < -0.3 is 10.1 Å². The van der Waals surface area contributed by atoms with Gasteiger partial charge in [-0.05, 0) is 49.4 Å². The minimum Gasteiger partial charge on any atom is -0.457 e. The maximum absolute atomic E-state index is 6.12. The predicted octanol–water partition coefficient (Wildman–Crippen LogP) is 5.07. The third-order valence-corrected chi connectivity index (χ3v) is 3.63. The molecule has 2 aromatic carbocycles. The van der Waals surface area contributed by atoms with Crippen LogP contribution in [-0.4, -0.2) is 7.05 Å². The van der Waals surface area contributed by atoms with Gasteiger partial charge in [-0.25, -0.2) is 0 Å². The van der Waals surface area contributed by atoms with Crippen molar-refractivity contribution < 1.29 is 4.74 Å². The first-order chi connectivity index (χ1) is 9.63. The van der Waals surface area contributed by atoms with Crippen LogP contribution in [0.25, 0.3) is 0 Å². The lowest BCUT2D eigenvalue weighted by Crippen LogP contribution is -2.06. The first-order valence-corrected chi connectivity index (χ1v) is 7.29. The molecule has 0 aliphatic heterocycles. The van der Waals surface area contributed by atoms with E-state index in [1.54, 1.807) is 0 Å². The summed E-state index contributed by atoms with van der Waals surface area (Å²) in [5.74, 6) is 1.53. The van der Waals surface area contributed by atoms with Gasteiger partial charge in [-0.1, -0.05) is 36.2 Å². The van der Waals surface area contributed by atoms with Crippen molar-refractivity contribution in [2.75, 3.05) is 7.05 Å². The molecule has 106 valence electrons. The van der Waals surface area contributed by atoms with E-state index in [1.807, 2.05) is 43.4 Å². The molecule has 0 atom stereocenters. The minimum absolute atomic E-state index is 0.657. The van der Waals surface area contributed by atoms with Crippen LogP contribution in [0.2, 0.25) is 10.0 Å². The van der Waals surface area contributed by atoms with Gasteiger partial charge in [0.15, 0.2) is 0 Å². The van der Waals surface area contributed by atoms with Crippen LogP contribution < -0.4 is 10.1 Å². The summed E-state index contributed by atoms with van der Waals surface area (Å²) in [4.78, 5) is 0. The van der Waals surface area contributed by atoms with Gasteiger partial charge in [0.25, 0.3) is 0 Å². The Morgan fingerprint density at radius 3 is 2.55 bits per heavy atom. The Balaban J connectivity index is 2.31. The van der Waals surface area contributed by atoms with Gasteiger partial charge >= 0.3 is 0 Å². The predicted molar refractivity (Wildman–Crippen MR) is 85.1 cm³/mol. The molecule has 1 N–H and O–H groups in total. The van der Waals surface area contributed by atoms with Gasteiger partial charge in [0.2, 0.25) is 0 Å². The summed E-state index contributed by atoms with van der Waals surface area (Å²) >= 11 is 12.2. The van der Waals surface area contributed by atoms with Gasteiger partial charge in [0.1, 0.15) is 11.5 Å². The van der Waals surface area contributed by atoms with Crippen molar-refractivity contribution in [1.29, 1.82) is 0 Å². The van der Waals surface area contributed by atoms with Crippen molar-refractivity contribution in [2.24, 2.45) is 0 Å². The number of ether oxygens (including phenoxy) is 1. The Morgan fingerprint density at radius 2 is 1.85 bits per heavy atom. The molecular formula is C16H17Cl2NO. The number of aryl methyl sites for hydroxylation is 1. The SMILES string of the molecule is CCc1cc(Oc2cc(Cl)ccc2CNC)ccc1Cl. The van der Waals surface area contributed by atoms with Crippen LogP contribution in [0.5, 0.6) is 11.5 Å². The van der Waals surface area contributed by atoms with E-state index in [2.05, 4.69) is 12.2 Å². The van der Waals surface area contributed by atoms with Gasteiger partial charge in [-0.2, -0.15) is 0 Å². The summed E-state index contributed by atoms with van der Waals surface area (Å²) in [5.41, 5.74) is 2.13. The third kappa shape index (κ3) is 3.66. The molecule has 2 aromatic rings. The van der Waals surface area contributed by atoms with E-state index in [0.717, 1.165) is 40.6 Å². The Bertz CT molecular complexity index is 599. The van der Waals surface area contributed by atoms with Gasteiger partial charge in [0, 0.05) is 22.2 Å². The minimum atomic E-state index is 0.657. The second-order valence-electron chi connectivity index (χ2n) is 4.49. The van der Waals surface area contributed by atoms with E-state index in [-0.39, 0.29) is 0 Å². The quantitative estimate of drug-likeness (QED) is 0.832. The molecule has 0 spiro atoms. The normalized spacial score (nSPS) is 10.6. The fourth-order valence-corrected chi connectivity index (χ4v) is 2.39. The van der Waals surface area contributed by atoms with Crippen LogP contribution in [0.1, 0.15) is 18.1 Å². The van der Waals surface area contributed by atoms with Crippen LogP contribution >= 0.6 is 23.2 Å². The molecule has 0 fully saturated rings. The lowest BCUT2D eigenvalue weighted by molar-refractivity contribution is 0.474. The number of halogens is 2. The number of nitrogens with one attached hydrogen (secondary N) is 1. The van der Waals surface area contributed by atoms with E-state index >= 15 is 0 Å². The highest BCUT2D eigenvalue weighted by atomic mass is 35.5. The van der Waals surface area contributed by atoms with Crippen LogP contribution in [0.3, 0.4) is 0 Å². The highest BCUT2D eigenvalue weighted by Crippen LogP contribution is 2.30. The Morgan fingerprint density at radius 1 is 1.05 bits per heavy atom. The molecule has 0 aliphatic carbocycles. The zero-order chi connectivity index (χ0) is 14.5. The van der Waals surface area contributed by atoms with Crippen molar-refractivity contribution in [3.05, 3.63) is 57.6 Å². The summed E-state index contributed by atoms with van der Waals surface area (Å²) in [6.07, 6.45) is 0.870. The lowest BCUT2D eigenvalue weighted by atomic mass is 10.1. The summed E-state index contributed by atoms with van der Waals surface area (Å²) in [5, 5.41) is 4.54. The van der Waals surface area contributed by atoms with Crippen molar-refractivity contribution in [3.8, 4) is 11.5 Å². The molecule has 0 heterocycles. The van der Waals surface area contributed by atoms with E-state index in [4.69, 9.17) is 27.9 Å². The van der Waals surface area contributed by atoms with E-state index < -0.39 is 0 Å². The second kappa shape index (κ2) is 6.98. The molecule has 2 rings (SSSR count). The topological polar surface area (TPSA) is 21.3 Å². The van der Waals surface area contributed by atoms with Gasteiger partial charge in [-0.15, -0.1) is 0 Å². The van der Waals surface area contributed by atoms with Crippen molar-refractivity contribution >= 4 is 23.2 Å². The van der Waals surface area contributed by atoms with Crippen molar-refractivity contribution in [2.45, 2.75) is 19.9 Å². The van der Waals surface area contributed by atoms with Gasteiger partial charge in [0.05, 0.1) is 0 Å². The fourth-order valence-electron chi connectivity index (χ4n) is 1.97. The monoisotopic (exact) mass is 309 g/mol. The zero-order valence-electron chi connectivity index (χ0n) is 11.5. The molecular weight excluding hydrogens is 293 g/mol. The van der Waals surface area contributed by atoms with Crippen LogP contribution in [0.4, 0.5) is 0 Å². The van der Waals surface area contributed by atoms with Gasteiger partial charge in [-0.3, -0.25) is 0 Å². The van der Waals surface area contributed by atoms with E-state index in [9.17, 15) is 0 Å². The first kappa shape index (κ1) is 15.2. The average Bonchev–Trinajstić information content (AvgIpc) is 2.44. The summed E-state index contributed by atoms with van der Waals surface area (Å²) < 4.78 is 5.96. The standard InChI is InChI=1S/C16H17Cl2NO/c1-3-11-8-14(6-7-15(11)18)20-16-9-13(17)5-4-12(16)10-19-2/h4-9,19H,3,10H2,1-2H3. The van der Waals surface area contributed by atoms with Crippen LogP contribution in [-0.2, 0) is 13.0 Å². The maximum Gasteiger partial charge on any atom is 0.133 e. The lowest BCUT2D eigenvalue weighted by Gasteiger charge is -2.12. The molecule has 0 radical (unpaired) electrons. The Hall–Kier alpha value is -1.22. The third-order valence-electron chi connectivity index (χ3n) is 3.02. The maximum atomic E-state index is 6.12. The van der Waals surface area contributed by atoms with Crippen molar-refractivity contribution in [3.63, 3.8) is 0 Å². The van der Waals surface area contributed by atoms with E-state index in [0.29, 0.717) is 5.02 Å². The Kier molecular flexibility index (Phi) is 5.30. The molecule has 0 saturated heterocycles. The zero-order valence-corrected chi connectivity index (χ0v) is 13.1. The highest BCUT2D eigenvalue weighted by molar-refractivity contribution is 6.31. The smallest absolute Gasteiger partial charge is 0.133 e. The summed E-state index contributed by atoms with van der Waals surface area (Å²) in [7, 11) is 1.90. The average molecular weight is 310 g/mol. The van der Waals surface area contributed by atoms with Crippen LogP contribution in [0, 0.1) is 0 Å². The summed E-state index contributed by atoms with van der Waals surface area (Å²) in [6.45, 7) is 2.79. The Labute approximate surface area is 129 Å². The molecule has 4 heteroatoms. The molecule has 0 bridgehead atoms. The largest absolute Gasteiger partial charge is 0.457 e. The van der Waals surface area contributed by atoms with Crippen molar-refractivity contribution in [1.82, 2.24) is 5.32 Å². The second-order valence-corrected chi connectivity index (χ2v) is 5.33. The molecule has 20 heavy (non-hydrogen) atoms. The first-order valence-electron chi connectivity index (χ1n) is 6.53. The number of hydrogen-bond acceptors (Lipinski definition) is 2. The summed E-state index contributed by atoms with van der Waals surface area (Å²) in [6, 6.07) is 11.3. The molecule has 0 aliphatic rings. The number of benzene rings is 2. The molecule has 0 unspecified atom stereocenters. The highest BCUT2D eigenvalue weighted by Gasteiger charge is 2.07. The molecule has 2 nitrogen and oxygen atoms in total. The molecule has 0 aromatic heterocycles.